The Morgan fingerprint density at radius 1 is 1.55 bits per heavy atom. The summed E-state index contributed by atoms with van der Waals surface area (Å²) < 4.78 is 0. The van der Waals surface area contributed by atoms with Gasteiger partial charge in [-0.05, 0) is 24.7 Å². The Bertz CT molecular complexity index is 194. The van der Waals surface area contributed by atoms with Gasteiger partial charge in [0.05, 0.1) is 0 Å². The van der Waals surface area contributed by atoms with Gasteiger partial charge in [0.1, 0.15) is 0 Å². The van der Waals surface area contributed by atoms with Gasteiger partial charge in [0.15, 0.2) is 0 Å². The lowest BCUT2D eigenvalue weighted by Crippen LogP contribution is -2.18. The first kappa shape index (κ1) is 8.56. The van der Waals surface area contributed by atoms with Gasteiger partial charge < -0.3 is 10.0 Å². The molecular formula is C8H13BO2. The number of allylic oxidation sites excluding steroid dienone is 4. The van der Waals surface area contributed by atoms with Gasteiger partial charge in [0.2, 0.25) is 0 Å². The average molecular weight is 152 g/mol. The highest BCUT2D eigenvalue weighted by molar-refractivity contribution is 6.51. The van der Waals surface area contributed by atoms with E-state index in [4.69, 9.17) is 10.0 Å². The van der Waals surface area contributed by atoms with Crippen molar-refractivity contribution in [3.8, 4) is 0 Å². The van der Waals surface area contributed by atoms with Crippen molar-refractivity contribution in [2.75, 3.05) is 0 Å². The molecule has 60 valence electrons. The van der Waals surface area contributed by atoms with Crippen LogP contribution in [0.4, 0.5) is 0 Å². The smallest absolute Gasteiger partial charge is 0.423 e. The van der Waals surface area contributed by atoms with Crippen molar-refractivity contribution in [2.45, 2.75) is 26.2 Å². The summed E-state index contributed by atoms with van der Waals surface area (Å²) in [6, 6.07) is 0. The normalized spacial score (nSPS) is 17.4. The largest absolute Gasteiger partial charge is 0.484 e. The van der Waals surface area contributed by atoms with Crippen LogP contribution in [0.2, 0.25) is 0 Å². The quantitative estimate of drug-likeness (QED) is 0.580. The van der Waals surface area contributed by atoms with Crippen molar-refractivity contribution in [3.63, 3.8) is 0 Å². The zero-order chi connectivity index (χ0) is 8.27. The van der Waals surface area contributed by atoms with E-state index in [2.05, 4.69) is 6.08 Å². The van der Waals surface area contributed by atoms with Gasteiger partial charge in [-0.15, -0.1) is 0 Å². The van der Waals surface area contributed by atoms with Crippen molar-refractivity contribution in [3.05, 3.63) is 23.2 Å². The van der Waals surface area contributed by atoms with Crippen LogP contribution in [0.3, 0.4) is 0 Å². The summed E-state index contributed by atoms with van der Waals surface area (Å²) in [6.07, 6.45) is 6.65. The van der Waals surface area contributed by atoms with E-state index >= 15 is 0 Å². The van der Waals surface area contributed by atoms with Crippen LogP contribution in [0.1, 0.15) is 26.2 Å². The van der Waals surface area contributed by atoms with Crippen molar-refractivity contribution in [1.29, 1.82) is 0 Å². The topological polar surface area (TPSA) is 40.5 Å². The first-order valence-electron chi connectivity index (χ1n) is 4.00. The molecule has 0 amide bonds. The molecule has 0 bridgehead atoms. The molecule has 0 atom stereocenters. The van der Waals surface area contributed by atoms with E-state index in [0.717, 1.165) is 30.3 Å². The van der Waals surface area contributed by atoms with Gasteiger partial charge in [-0.1, -0.05) is 24.6 Å². The van der Waals surface area contributed by atoms with Crippen molar-refractivity contribution < 1.29 is 10.0 Å². The van der Waals surface area contributed by atoms with E-state index in [1.807, 2.05) is 13.0 Å². The van der Waals surface area contributed by atoms with Crippen LogP contribution in [0, 0.1) is 0 Å². The molecule has 3 heteroatoms. The lowest BCUT2D eigenvalue weighted by Gasteiger charge is -2.13. The maximum absolute atomic E-state index is 8.94. The highest BCUT2D eigenvalue weighted by Gasteiger charge is 2.18. The second kappa shape index (κ2) is 3.74. The van der Waals surface area contributed by atoms with Crippen LogP contribution in [0.25, 0.3) is 0 Å². The molecule has 1 rings (SSSR count). The summed E-state index contributed by atoms with van der Waals surface area (Å²) in [5.74, 6) is 0. The van der Waals surface area contributed by atoms with Crippen LogP contribution in [-0.2, 0) is 0 Å². The Kier molecular flexibility index (Phi) is 2.91. The molecule has 0 fully saturated rings. The second-order valence-corrected chi connectivity index (χ2v) is 2.72. The van der Waals surface area contributed by atoms with Crippen LogP contribution in [0.5, 0.6) is 0 Å². The fourth-order valence-corrected chi connectivity index (χ4v) is 1.37. The number of hydrogen-bond donors (Lipinski definition) is 2. The summed E-state index contributed by atoms with van der Waals surface area (Å²) in [7, 11) is -1.25. The molecule has 2 nitrogen and oxygen atoms in total. The third-order valence-corrected chi connectivity index (χ3v) is 2.00. The Labute approximate surface area is 67.4 Å². The Hall–Kier alpha value is -0.535. The predicted octanol–water partition coefficient (Wildman–Crippen LogP) is 1.05. The SMILES string of the molecule is CCC1=C(B(O)O)CCC=C1. The maximum atomic E-state index is 8.94. The summed E-state index contributed by atoms with van der Waals surface area (Å²) in [6.45, 7) is 2.02. The molecule has 0 unspecified atom stereocenters. The molecule has 0 heterocycles. The van der Waals surface area contributed by atoms with Crippen LogP contribution in [0.15, 0.2) is 23.2 Å². The molecule has 1 aliphatic carbocycles. The van der Waals surface area contributed by atoms with Crippen LogP contribution < -0.4 is 0 Å². The van der Waals surface area contributed by atoms with Crippen LogP contribution in [-0.4, -0.2) is 17.2 Å². The molecule has 1 aliphatic rings. The molecule has 0 spiro atoms. The van der Waals surface area contributed by atoms with E-state index < -0.39 is 7.12 Å². The molecule has 0 aliphatic heterocycles. The van der Waals surface area contributed by atoms with Gasteiger partial charge in [-0.2, -0.15) is 0 Å². The molecule has 11 heavy (non-hydrogen) atoms. The molecule has 0 aromatic rings. The first-order chi connectivity index (χ1) is 5.25. The lowest BCUT2D eigenvalue weighted by molar-refractivity contribution is 0.415. The van der Waals surface area contributed by atoms with E-state index in [1.54, 1.807) is 0 Å². The molecule has 0 aromatic carbocycles. The van der Waals surface area contributed by atoms with E-state index in [9.17, 15) is 0 Å². The second-order valence-electron chi connectivity index (χ2n) is 2.72. The summed E-state index contributed by atoms with van der Waals surface area (Å²) in [5.41, 5.74) is 1.86. The van der Waals surface area contributed by atoms with Crippen molar-refractivity contribution in [1.82, 2.24) is 0 Å². The Morgan fingerprint density at radius 3 is 2.73 bits per heavy atom. The average Bonchev–Trinajstić information content (AvgIpc) is 2.04. The Morgan fingerprint density at radius 2 is 2.27 bits per heavy atom. The van der Waals surface area contributed by atoms with E-state index in [1.165, 1.54) is 0 Å². The molecular weight excluding hydrogens is 139 g/mol. The molecule has 0 aromatic heterocycles. The Balaban J connectivity index is 2.82. The van der Waals surface area contributed by atoms with Crippen molar-refractivity contribution in [2.24, 2.45) is 0 Å². The van der Waals surface area contributed by atoms with Crippen LogP contribution >= 0.6 is 0 Å². The van der Waals surface area contributed by atoms with Gasteiger partial charge in [-0.25, -0.2) is 0 Å². The number of hydrogen-bond acceptors (Lipinski definition) is 2. The molecule has 0 radical (unpaired) electrons. The third kappa shape index (κ3) is 1.95. The minimum absolute atomic E-state index is 0.787. The fourth-order valence-electron chi connectivity index (χ4n) is 1.37. The van der Waals surface area contributed by atoms with E-state index in [-0.39, 0.29) is 0 Å². The highest BCUT2D eigenvalue weighted by Crippen LogP contribution is 2.21. The lowest BCUT2D eigenvalue weighted by atomic mass is 9.71. The standard InChI is InChI=1S/C8H13BO2/c1-2-7-5-3-4-6-8(7)9(10)11/h3,5,10-11H,2,4,6H2,1H3. The first-order valence-corrected chi connectivity index (χ1v) is 4.00. The van der Waals surface area contributed by atoms with Gasteiger partial charge in [-0.3, -0.25) is 0 Å². The van der Waals surface area contributed by atoms with Crippen molar-refractivity contribution >= 4 is 7.12 Å². The van der Waals surface area contributed by atoms with Gasteiger partial charge in [0.25, 0.3) is 0 Å². The summed E-state index contributed by atoms with van der Waals surface area (Å²) >= 11 is 0. The maximum Gasteiger partial charge on any atom is 0.484 e. The molecule has 2 N–H and O–H groups in total. The zero-order valence-corrected chi connectivity index (χ0v) is 6.75. The predicted molar refractivity (Wildman–Crippen MR) is 45.9 cm³/mol. The molecule has 0 saturated heterocycles. The number of rotatable bonds is 2. The highest BCUT2D eigenvalue weighted by atomic mass is 16.4. The summed E-state index contributed by atoms with van der Waals surface area (Å²) in [4.78, 5) is 0. The van der Waals surface area contributed by atoms with E-state index in [0.29, 0.717) is 0 Å². The van der Waals surface area contributed by atoms with Gasteiger partial charge in [0, 0.05) is 0 Å². The minimum Gasteiger partial charge on any atom is -0.423 e. The third-order valence-electron chi connectivity index (χ3n) is 2.00. The summed E-state index contributed by atoms with van der Waals surface area (Å²) in [5, 5.41) is 17.9. The fraction of sp³-hybridized carbons (Fsp3) is 0.500. The minimum atomic E-state index is -1.25. The van der Waals surface area contributed by atoms with Gasteiger partial charge >= 0.3 is 7.12 Å². The zero-order valence-electron chi connectivity index (χ0n) is 6.75. The monoisotopic (exact) mass is 152 g/mol. The molecule has 0 saturated carbocycles.